The van der Waals surface area contributed by atoms with Gasteiger partial charge in [-0.3, -0.25) is 14.5 Å². The van der Waals surface area contributed by atoms with E-state index >= 15 is 0 Å². The van der Waals surface area contributed by atoms with Crippen LogP contribution in [0.4, 0.5) is 17.1 Å². The fourth-order valence-corrected chi connectivity index (χ4v) is 11.2. The summed E-state index contributed by atoms with van der Waals surface area (Å²) in [5.74, 6) is 0.225. The highest BCUT2D eigenvalue weighted by molar-refractivity contribution is 9.10. The predicted octanol–water partition coefficient (Wildman–Crippen LogP) is 5.53. The van der Waals surface area contributed by atoms with E-state index in [1.165, 1.54) is 0 Å². The number of carbonyl (C=O) groups excluding carboxylic acids is 2. The van der Waals surface area contributed by atoms with E-state index in [-0.39, 0.29) is 43.0 Å². The van der Waals surface area contributed by atoms with Gasteiger partial charge in [0.1, 0.15) is 5.75 Å². The average Bonchev–Trinajstić information content (AvgIpc) is 3.50. The Labute approximate surface area is 303 Å². The van der Waals surface area contributed by atoms with Crippen LogP contribution in [0, 0.1) is 5.92 Å². The summed E-state index contributed by atoms with van der Waals surface area (Å²) < 4.78 is 13.3. The van der Waals surface area contributed by atoms with Crippen molar-refractivity contribution in [2.75, 3.05) is 36.2 Å². The van der Waals surface area contributed by atoms with E-state index in [0.717, 1.165) is 50.4 Å². The van der Waals surface area contributed by atoms with Crippen LogP contribution in [0.1, 0.15) is 49.8 Å². The van der Waals surface area contributed by atoms with Gasteiger partial charge in [-0.1, -0.05) is 35.0 Å². The highest BCUT2D eigenvalue weighted by Gasteiger charge is 2.66. The van der Waals surface area contributed by atoms with Gasteiger partial charge < -0.3 is 34.7 Å². The van der Waals surface area contributed by atoms with Crippen molar-refractivity contribution in [1.29, 1.82) is 0 Å². The molecule has 3 aromatic carbocycles. The number of aliphatic hydroxyl groups is 2. The van der Waals surface area contributed by atoms with Gasteiger partial charge in [-0.25, -0.2) is 0 Å². The number of anilines is 3. The lowest BCUT2D eigenvalue weighted by atomic mass is 9.82. The van der Waals surface area contributed by atoms with Gasteiger partial charge in [0.2, 0.25) is 5.91 Å². The molecule has 3 heterocycles. The Balaban J connectivity index is 1.30. The minimum absolute atomic E-state index is 0.0516. The molecule has 0 bridgehead atoms. The molecule has 1 fully saturated rings. The first-order chi connectivity index (χ1) is 23.9. The molecule has 2 amide bonds. The maximum atomic E-state index is 14.6. The first kappa shape index (κ1) is 36.7. The first-order valence-electron chi connectivity index (χ1n) is 17.6. The number of rotatable bonds is 13. The molecule has 0 aliphatic carbocycles. The maximum Gasteiger partial charge on any atom is 0.264 e. The van der Waals surface area contributed by atoms with Crippen LogP contribution in [0.25, 0.3) is 0 Å². The Kier molecular flexibility index (Phi) is 10.9. The molecule has 12 heteroatoms. The van der Waals surface area contributed by atoms with E-state index in [0.29, 0.717) is 32.4 Å². The van der Waals surface area contributed by atoms with E-state index in [9.17, 15) is 24.6 Å². The van der Waals surface area contributed by atoms with Crippen LogP contribution in [0.15, 0.2) is 65.1 Å². The van der Waals surface area contributed by atoms with E-state index in [2.05, 4.69) is 21.2 Å². The van der Waals surface area contributed by atoms with Crippen LogP contribution in [-0.2, 0) is 32.9 Å². The second-order valence-electron chi connectivity index (χ2n) is 14.1. The zero-order valence-electron chi connectivity index (χ0n) is 29.2. The third-order valence-corrected chi connectivity index (χ3v) is 13.4. The van der Waals surface area contributed by atoms with Gasteiger partial charge in [0.25, 0.3) is 5.91 Å². The van der Waals surface area contributed by atoms with Gasteiger partial charge >= 0.3 is 0 Å². The lowest BCUT2D eigenvalue weighted by Gasteiger charge is -2.35. The van der Waals surface area contributed by atoms with Crippen LogP contribution in [0.3, 0.4) is 0 Å². The summed E-state index contributed by atoms with van der Waals surface area (Å²) >= 11 is 3.60. The molecule has 268 valence electrons. The number of hydrogen-bond acceptors (Lipinski definition) is 8. The molecule has 1 spiro atoms. The van der Waals surface area contributed by atoms with Crippen molar-refractivity contribution >= 4 is 53.1 Å². The van der Waals surface area contributed by atoms with Crippen molar-refractivity contribution in [1.82, 2.24) is 5.32 Å². The summed E-state index contributed by atoms with van der Waals surface area (Å²) in [6, 6.07) is 18.9. The molecule has 1 unspecified atom stereocenters. The van der Waals surface area contributed by atoms with Crippen LogP contribution in [-0.4, -0.2) is 73.7 Å². The molecule has 3 aromatic rings. The Morgan fingerprint density at radius 1 is 1.02 bits per heavy atom. The number of fused-ring (bicyclic) bond motifs is 3. The number of benzene rings is 3. The lowest BCUT2D eigenvalue weighted by Crippen LogP contribution is -2.49. The Bertz CT molecular complexity index is 1720. The zero-order chi connectivity index (χ0) is 35.8. The van der Waals surface area contributed by atoms with Gasteiger partial charge in [0, 0.05) is 40.4 Å². The van der Waals surface area contributed by atoms with E-state index in [4.69, 9.17) is 9.47 Å². The molecule has 4 N–H and O–H groups in total. The van der Waals surface area contributed by atoms with Crippen molar-refractivity contribution in [3.8, 4) is 5.75 Å². The monoisotopic (exact) mass is 765 g/mol. The van der Waals surface area contributed by atoms with E-state index in [1.807, 2.05) is 87.6 Å². The van der Waals surface area contributed by atoms with Crippen molar-refractivity contribution in [2.45, 2.75) is 82.5 Å². The quantitative estimate of drug-likeness (QED) is 0.132. The zero-order valence-corrected chi connectivity index (χ0v) is 31.8. The number of carbonyl (C=O) groups is 2. The van der Waals surface area contributed by atoms with Crippen molar-refractivity contribution in [3.63, 3.8) is 0 Å². The Morgan fingerprint density at radius 2 is 1.76 bits per heavy atom. The smallest absolute Gasteiger partial charge is 0.264 e. The molecular formula is C38H48BrN3O7Si. The van der Waals surface area contributed by atoms with Gasteiger partial charge in [-0.2, -0.15) is 0 Å². The third kappa shape index (κ3) is 6.67. The average molecular weight is 767 g/mol. The maximum absolute atomic E-state index is 14.6. The van der Waals surface area contributed by atoms with E-state index < -0.39 is 26.1 Å². The van der Waals surface area contributed by atoms with Crippen molar-refractivity contribution in [2.24, 2.45) is 5.92 Å². The summed E-state index contributed by atoms with van der Waals surface area (Å²) in [5.41, 5.74) is 3.43. The fraction of sp³-hybridized carbons (Fsp3) is 0.474. The number of ether oxygens (including phenoxy) is 2. The molecule has 5 atom stereocenters. The van der Waals surface area contributed by atoms with Crippen LogP contribution in [0.2, 0.25) is 18.6 Å². The normalized spacial score (nSPS) is 24.6. The molecule has 0 saturated carbocycles. The summed E-state index contributed by atoms with van der Waals surface area (Å²) in [5, 5.41) is 22.5. The summed E-state index contributed by atoms with van der Waals surface area (Å²) in [7, 11) is -2.79. The second-order valence-corrected chi connectivity index (χ2v) is 19.0. The fourth-order valence-electron chi connectivity index (χ4n) is 8.26. The minimum Gasteiger partial charge on any atom is -0.494 e. The number of nitrogens with one attached hydrogen (secondary N) is 1. The summed E-state index contributed by atoms with van der Waals surface area (Å²) in [6.07, 6.45) is 1.87. The number of aliphatic hydroxyl groups excluding tert-OH is 2. The molecule has 0 radical (unpaired) electrons. The highest BCUT2D eigenvalue weighted by Crippen LogP contribution is 2.60. The molecule has 3 aliphatic rings. The van der Waals surface area contributed by atoms with Gasteiger partial charge in [-0.15, -0.1) is 0 Å². The third-order valence-electron chi connectivity index (χ3n) is 10.4. The SMILES string of the molecule is CCOc1ccc2c(c1)CC(NCCCCO)C(=O)N2c1ccc(CN2C(=O)[C@@]3(O[C@@H](CCO)[C@H]([Si](C)(C)O)[C@H]3C)c3cc(Br)ccc32)cc1. The molecule has 0 aromatic heterocycles. The number of amides is 2. The number of halogens is 1. The minimum atomic E-state index is -2.79. The standard InChI is InChI=1S/C38H48BrN3O7Si/c1-5-48-29-13-15-32-26(20-29)21-31(40-17-6-7-18-43)36(45)42(32)28-11-8-25(9-12-28)23-41-33-14-10-27(39)22-30(33)38(37(41)46)24(2)35(50(3,4)47)34(49-38)16-19-44/h8-15,20,22,24,31,34-35,40,43-44,47H,5-7,16-19,21,23H2,1-4H3/t24-,31?,34+,35-,38+/m1/s1. The van der Waals surface area contributed by atoms with Crippen LogP contribution < -0.4 is 19.9 Å². The second kappa shape index (κ2) is 14.9. The van der Waals surface area contributed by atoms with Gasteiger partial charge in [0.15, 0.2) is 13.9 Å². The van der Waals surface area contributed by atoms with Crippen molar-refractivity contribution < 1.29 is 34.1 Å². The number of nitrogens with zero attached hydrogens (tertiary/aromatic N) is 2. The number of hydrogen-bond donors (Lipinski definition) is 4. The summed E-state index contributed by atoms with van der Waals surface area (Å²) in [4.78, 5) is 43.5. The highest BCUT2D eigenvalue weighted by atomic mass is 79.9. The molecule has 1 saturated heterocycles. The van der Waals surface area contributed by atoms with Crippen LogP contribution in [0.5, 0.6) is 5.75 Å². The number of unbranched alkanes of at least 4 members (excludes halogenated alkanes) is 1. The largest absolute Gasteiger partial charge is 0.494 e. The molecule has 50 heavy (non-hydrogen) atoms. The molecule has 10 nitrogen and oxygen atoms in total. The topological polar surface area (TPSA) is 132 Å². The van der Waals surface area contributed by atoms with Crippen LogP contribution >= 0.6 is 15.9 Å². The Hall–Kier alpha value is -3.10. The first-order valence-corrected chi connectivity index (χ1v) is 21.4. The molecular weight excluding hydrogens is 718 g/mol. The van der Waals surface area contributed by atoms with E-state index in [1.54, 1.807) is 9.80 Å². The lowest BCUT2D eigenvalue weighted by molar-refractivity contribution is -0.146. The van der Waals surface area contributed by atoms with Gasteiger partial charge in [0.05, 0.1) is 36.7 Å². The summed E-state index contributed by atoms with van der Waals surface area (Å²) in [6.45, 7) is 9.17. The molecule has 6 rings (SSSR count). The van der Waals surface area contributed by atoms with Gasteiger partial charge in [-0.05, 0) is 112 Å². The Morgan fingerprint density at radius 3 is 2.44 bits per heavy atom. The van der Waals surface area contributed by atoms with Crippen molar-refractivity contribution in [3.05, 3.63) is 81.8 Å². The predicted molar refractivity (Wildman–Crippen MR) is 199 cm³/mol. The molecule has 3 aliphatic heterocycles.